The van der Waals surface area contributed by atoms with E-state index in [1.54, 1.807) is 0 Å². The molecule has 0 saturated heterocycles. The lowest BCUT2D eigenvalue weighted by atomic mass is 10.1. The summed E-state index contributed by atoms with van der Waals surface area (Å²) in [7, 11) is 0. The van der Waals surface area contributed by atoms with Gasteiger partial charge in [-0.1, -0.05) is 48.5 Å². The molecule has 0 atom stereocenters. The van der Waals surface area contributed by atoms with Crippen LogP contribution in [0.25, 0.3) is 0 Å². The molecule has 0 amide bonds. The van der Waals surface area contributed by atoms with Gasteiger partial charge in [-0.05, 0) is 42.9 Å². The van der Waals surface area contributed by atoms with Gasteiger partial charge in [-0.15, -0.1) is 0 Å². The van der Waals surface area contributed by atoms with Crippen molar-refractivity contribution < 1.29 is 9.47 Å². The van der Waals surface area contributed by atoms with Crippen molar-refractivity contribution in [2.24, 2.45) is 0 Å². The molecule has 3 heteroatoms. The van der Waals surface area contributed by atoms with Crippen molar-refractivity contribution in [3.05, 3.63) is 65.7 Å². The van der Waals surface area contributed by atoms with Gasteiger partial charge in [0, 0.05) is 26.2 Å². The molecular weight excluding hydrogens is 310 g/mol. The Morgan fingerprint density at radius 3 is 2.52 bits per heavy atom. The van der Waals surface area contributed by atoms with Gasteiger partial charge in [0.1, 0.15) is 12.4 Å². The van der Waals surface area contributed by atoms with Gasteiger partial charge in [0.05, 0.1) is 6.61 Å². The molecule has 2 aromatic carbocycles. The maximum absolute atomic E-state index is 6.10. The Morgan fingerprint density at radius 2 is 1.60 bits per heavy atom. The molecule has 3 rings (SSSR count). The first kappa shape index (κ1) is 18.0. The summed E-state index contributed by atoms with van der Waals surface area (Å²) in [5.74, 6) is 1.05. The van der Waals surface area contributed by atoms with Crippen LogP contribution in [0.15, 0.2) is 54.6 Å². The van der Waals surface area contributed by atoms with Gasteiger partial charge in [-0.3, -0.25) is 4.90 Å². The highest BCUT2D eigenvalue weighted by atomic mass is 16.5. The first-order chi connectivity index (χ1) is 12.4. The highest BCUT2D eigenvalue weighted by molar-refractivity contribution is 5.33. The third kappa shape index (κ3) is 6.18. The lowest BCUT2D eigenvalue weighted by Crippen LogP contribution is -2.33. The van der Waals surface area contributed by atoms with E-state index < -0.39 is 0 Å². The van der Waals surface area contributed by atoms with Crippen molar-refractivity contribution >= 4 is 0 Å². The van der Waals surface area contributed by atoms with Crippen LogP contribution in [0.4, 0.5) is 0 Å². The Hall–Kier alpha value is -1.84. The Bertz CT molecular complexity index is 614. The highest BCUT2D eigenvalue weighted by Crippen LogP contribution is 2.20. The van der Waals surface area contributed by atoms with Crippen LogP contribution < -0.4 is 4.74 Å². The number of hydrogen-bond donors (Lipinski definition) is 0. The van der Waals surface area contributed by atoms with E-state index >= 15 is 0 Å². The Morgan fingerprint density at radius 1 is 0.800 bits per heavy atom. The second-order valence-electron chi connectivity index (χ2n) is 6.60. The fraction of sp³-hybridized carbons (Fsp3) is 0.455. The summed E-state index contributed by atoms with van der Waals surface area (Å²) in [6, 6.07) is 19.1. The molecule has 0 aliphatic carbocycles. The van der Waals surface area contributed by atoms with Crippen molar-refractivity contribution in [3.63, 3.8) is 0 Å². The molecule has 1 aliphatic rings. The summed E-state index contributed by atoms with van der Waals surface area (Å²) in [5.41, 5.74) is 2.70. The fourth-order valence-corrected chi connectivity index (χ4v) is 3.22. The number of nitrogens with zero attached hydrogens (tertiary/aromatic N) is 1. The molecule has 0 fully saturated rings. The van der Waals surface area contributed by atoms with Gasteiger partial charge in [-0.2, -0.15) is 0 Å². The maximum atomic E-state index is 6.10. The van der Waals surface area contributed by atoms with Crippen LogP contribution in [-0.2, 0) is 17.6 Å². The van der Waals surface area contributed by atoms with Crippen LogP contribution in [0.1, 0.15) is 24.0 Å². The molecule has 25 heavy (non-hydrogen) atoms. The molecule has 0 N–H and O–H groups in total. The molecule has 0 unspecified atom stereocenters. The summed E-state index contributed by atoms with van der Waals surface area (Å²) < 4.78 is 11.9. The molecule has 0 saturated carbocycles. The molecule has 0 bridgehead atoms. The van der Waals surface area contributed by atoms with E-state index in [1.807, 2.05) is 0 Å². The largest absolute Gasteiger partial charge is 0.492 e. The Kier molecular flexibility index (Phi) is 7.34. The van der Waals surface area contributed by atoms with Crippen LogP contribution in [0.2, 0.25) is 0 Å². The van der Waals surface area contributed by atoms with Gasteiger partial charge in [-0.25, -0.2) is 0 Å². The zero-order valence-corrected chi connectivity index (χ0v) is 15.0. The van der Waals surface area contributed by atoms with Gasteiger partial charge in [0.15, 0.2) is 0 Å². The lowest BCUT2D eigenvalue weighted by molar-refractivity contribution is 0.0964. The number of fused-ring (bicyclic) bond motifs is 1. The molecular formula is C22H29NO2. The number of benzene rings is 2. The predicted molar refractivity (Wildman–Crippen MR) is 102 cm³/mol. The third-order valence-electron chi connectivity index (χ3n) is 4.73. The van der Waals surface area contributed by atoms with E-state index in [0.717, 1.165) is 70.9 Å². The predicted octanol–water partition coefficient (Wildman–Crippen LogP) is 3.96. The number of aryl methyl sites for hydroxylation is 1. The minimum atomic E-state index is 0.728. The first-order valence-electron chi connectivity index (χ1n) is 9.46. The fourth-order valence-electron chi connectivity index (χ4n) is 3.22. The monoisotopic (exact) mass is 339 g/mol. The SMILES string of the molecule is c1ccc(CCN2CCOCCCCc3ccccc3OCC2)cc1. The van der Waals surface area contributed by atoms with E-state index in [2.05, 4.69) is 59.5 Å². The van der Waals surface area contributed by atoms with Crippen molar-refractivity contribution in [1.29, 1.82) is 0 Å². The van der Waals surface area contributed by atoms with Crippen molar-refractivity contribution in [2.75, 3.05) is 39.5 Å². The Balaban J connectivity index is 1.57. The summed E-state index contributed by atoms with van der Waals surface area (Å²) in [5, 5.41) is 0. The molecule has 134 valence electrons. The summed E-state index contributed by atoms with van der Waals surface area (Å²) in [6.07, 6.45) is 4.39. The number of rotatable bonds is 3. The van der Waals surface area contributed by atoms with Crippen LogP contribution in [-0.4, -0.2) is 44.4 Å². The summed E-state index contributed by atoms with van der Waals surface area (Å²) in [4.78, 5) is 2.45. The van der Waals surface area contributed by atoms with Crippen molar-refractivity contribution in [3.8, 4) is 5.75 Å². The molecule has 1 heterocycles. The van der Waals surface area contributed by atoms with E-state index in [4.69, 9.17) is 9.47 Å². The second-order valence-corrected chi connectivity index (χ2v) is 6.60. The third-order valence-corrected chi connectivity index (χ3v) is 4.73. The topological polar surface area (TPSA) is 21.7 Å². The van der Waals surface area contributed by atoms with Crippen LogP contribution in [0.3, 0.4) is 0 Å². The van der Waals surface area contributed by atoms with Gasteiger partial charge in [0.2, 0.25) is 0 Å². The zero-order chi connectivity index (χ0) is 17.2. The first-order valence-corrected chi connectivity index (χ1v) is 9.46. The van der Waals surface area contributed by atoms with E-state index in [9.17, 15) is 0 Å². The van der Waals surface area contributed by atoms with Crippen LogP contribution in [0.5, 0.6) is 5.75 Å². The van der Waals surface area contributed by atoms with E-state index in [0.29, 0.717) is 0 Å². The molecule has 0 radical (unpaired) electrons. The second kappa shape index (κ2) is 10.2. The summed E-state index contributed by atoms with van der Waals surface area (Å²) in [6.45, 7) is 5.34. The van der Waals surface area contributed by atoms with E-state index in [-0.39, 0.29) is 0 Å². The number of para-hydroxylation sites is 1. The van der Waals surface area contributed by atoms with Crippen molar-refractivity contribution in [1.82, 2.24) is 4.90 Å². The number of hydrogen-bond acceptors (Lipinski definition) is 3. The van der Waals surface area contributed by atoms with Crippen molar-refractivity contribution in [2.45, 2.75) is 25.7 Å². The molecule has 1 aliphatic heterocycles. The molecule has 2 aromatic rings. The molecule has 0 spiro atoms. The van der Waals surface area contributed by atoms with Gasteiger partial charge < -0.3 is 9.47 Å². The average Bonchev–Trinajstić information content (AvgIpc) is 2.68. The van der Waals surface area contributed by atoms with Gasteiger partial charge >= 0.3 is 0 Å². The lowest BCUT2D eigenvalue weighted by Gasteiger charge is -2.22. The molecule has 0 aromatic heterocycles. The maximum Gasteiger partial charge on any atom is 0.122 e. The normalized spacial score (nSPS) is 17.4. The average molecular weight is 339 g/mol. The Labute approximate surface area is 151 Å². The molecule has 3 nitrogen and oxygen atoms in total. The quantitative estimate of drug-likeness (QED) is 0.845. The number of ether oxygens (including phenoxy) is 2. The highest BCUT2D eigenvalue weighted by Gasteiger charge is 2.09. The minimum absolute atomic E-state index is 0.728. The smallest absolute Gasteiger partial charge is 0.122 e. The standard InChI is InChI=1S/C22H29NO2/c1-2-8-20(9-3-1)13-14-23-15-18-24-17-7-6-11-21-10-4-5-12-22(21)25-19-16-23/h1-5,8-10,12H,6-7,11,13-19H2. The van der Waals surface area contributed by atoms with Crippen LogP contribution in [0, 0.1) is 0 Å². The van der Waals surface area contributed by atoms with Crippen LogP contribution >= 0.6 is 0 Å². The van der Waals surface area contributed by atoms with E-state index in [1.165, 1.54) is 11.1 Å². The summed E-state index contributed by atoms with van der Waals surface area (Å²) >= 11 is 0. The zero-order valence-electron chi connectivity index (χ0n) is 15.0. The minimum Gasteiger partial charge on any atom is -0.492 e. The van der Waals surface area contributed by atoms with Gasteiger partial charge in [0.25, 0.3) is 0 Å².